The summed E-state index contributed by atoms with van der Waals surface area (Å²) in [5.74, 6) is 0.252. The topological polar surface area (TPSA) is 66.6 Å². The molecule has 25 heavy (non-hydrogen) atoms. The average molecular weight is 364 g/mol. The van der Waals surface area contributed by atoms with Crippen LogP contribution in [0.25, 0.3) is 0 Å². The Morgan fingerprint density at radius 1 is 1.04 bits per heavy atom. The van der Waals surface area contributed by atoms with E-state index < -0.39 is 0 Å². The van der Waals surface area contributed by atoms with E-state index >= 15 is 0 Å². The van der Waals surface area contributed by atoms with Crippen molar-refractivity contribution in [2.24, 2.45) is 11.7 Å². The Morgan fingerprint density at radius 2 is 1.80 bits per heavy atom. The number of carbonyl (C=O) groups excluding carboxylic acids is 2. The van der Waals surface area contributed by atoms with Gasteiger partial charge in [0.05, 0.1) is 0 Å². The van der Waals surface area contributed by atoms with Crippen LogP contribution in [0.5, 0.6) is 0 Å². The lowest BCUT2D eigenvalue weighted by atomic mass is 9.85. The molecule has 1 heterocycles. The standard InChI is InChI=1S/C19H26ClN3O2/c20-16-6-1-4-14(12-16)18(24)22-8-3-9-23(11-10-22)19(25)15-5-2-7-17(21)13-15/h1,4,6,12,15,17H,2-3,5,7-11,13,21H2. The third kappa shape index (κ3) is 4.53. The maximum absolute atomic E-state index is 12.8. The van der Waals surface area contributed by atoms with Gasteiger partial charge in [0.25, 0.3) is 5.91 Å². The molecule has 1 saturated heterocycles. The lowest BCUT2D eigenvalue weighted by Crippen LogP contribution is -2.42. The van der Waals surface area contributed by atoms with E-state index in [0.717, 1.165) is 32.1 Å². The Labute approximate surface area is 154 Å². The molecule has 2 amide bonds. The van der Waals surface area contributed by atoms with Crippen LogP contribution in [0.3, 0.4) is 0 Å². The molecule has 1 saturated carbocycles. The third-order valence-electron chi connectivity index (χ3n) is 5.23. The number of benzene rings is 1. The van der Waals surface area contributed by atoms with Crippen LogP contribution in [-0.4, -0.2) is 53.8 Å². The van der Waals surface area contributed by atoms with Gasteiger partial charge in [-0.1, -0.05) is 24.1 Å². The van der Waals surface area contributed by atoms with Gasteiger partial charge in [0, 0.05) is 48.7 Å². The molecular formula is C19H26ClN3O2. The highest BCUT2D eigenvalue weighted by Crippen LogP contribution is 2.25. The van der Waals surface area contributed by atoms with Crippen molar-refractivity contribution < 1.29 is 9.59 Å². The van der Waals surface area contributed by atoms with Crippen molar-refractivity contribution in [2.45, 2.75) is 38.1 Å². The molecule has 0 aromatic heterocycles. The summed E-state index contributed by atoms with van der Waals surface area (Å²) in [6.45, 7) is 2.54. The second kappa shape index (κ2) is 8.19. The molecule has 0 bridgehead atoms. The van der Waals surface area contributed by atoms with E-state index in [1.807, 2.05) is 9.80 Å². The monoisotopic (exact) mass is 363 g/mol. The normalized spacial score (nSPS) is 24.7. The van der Waals surface area contributed by atoms with Crippen LogP contribution in [0.4, 0.5) is 0 Å². The highest BCUT2D eigenvalue weighted by Gasteiger charge is 2.30. The molecule has 3 rings (SSSR count). The van der Waals surface area contributed by atoms with Gasteiger partial charge in [-0.15, -0.1) is 0 Å². The van der Waals surface area contributed by atoms with Crippen LogP contribution < -0.4 is 5.73 Å². The molecule has 2 aliphatic rings. The fourth-order valence-electron chi connectivity index (χ4n) is 3.86. The van der Waals surface area contributed by atoms with Crippen molar-refractivity contribution in [3.63, 3.8) is 0 Å². The largest absolute Gasteiger partial charge is 0.341 e. The number of hydrogen-bond acceptors (Lipinski definition) is 3. The second-order valence-corrected chi connectivity index (χ2v) is 7.54. The predicted octanol–water partition coefficient (Wildman–Crippen LogP) is 2.53. The first-order chi connectivity index (χ1) is 12.0. The zero-order chi connectivity index (χ0) is 17.8. The summed E-state index contributed by atoms with van der Waals surface area (Å²) in [6.07, 6.45) is 4.59. The fraction of sp³-hybridized carbons (Fsp3) is 0.579. The minimum atomic E-state index is -0.0171. The third-order valence-corrected chi connectivity index (χ3v) is 5.47. The maximum atomic E-state index is 12.8. The van der Waals surface area contributed by atoms with E-state index in [1.165, 1.54) is 0 Å². The van der Waals surface area contributed by atoms with Gasteiger partial charge < -0.3 is 15.5 Å². The van der Waals surface area contributed by atoms with E-state index in [2.05, 4.69) is 0 Å². The minimum Gasteiger partial charge on any atom is -0.341 e. The highest BCUT2D eigenvalue weighted by molar-refractivity contribution is 6.30. The Bertz CT molecular complexity index is 637. The zero-order valence-electron chi connectivity index (χ0n) is 14.5. The Balaban J connectivity index is 1.60. The molecule has 1 aromatic rings. The highest BCUT2D eigenvalue weighted by atomic mass is 35.5. The summed E-state index contributed by atoms with van der Waals surface area (Å²) in [5.41, 5.74) is 6.63. The lowest BCUT2D eigenvalue weighted by molar-refractivity contribution is -0.136. The van der Waals surface area contributed by atoms with Crippen molar-refractivity contribution in [1.82, 2.24) is 9.80 Å². The van der Waals surface area contributed by atoms with E-state index in [9.17, 15) is 9.59 Å². The summed E-state index contributed by atoms with van der Waals surface area (Å²) >= 11 is 5.99. The smallest absolute Gasteiger partial charge is 0.253 e. The Morgan fingerprint density at radius 3 is 2.56 bits per heavy atom. The van der Waals surface area contributed by atoms with E-state index in [0.29, 0.717) is 36.8 Å². The molecule has 1 aromatic carbocycles. The van der Waals surface area contributed by atoms with Crippen LogP contribution in [0.2, 0.25) is 5.02 Å². The summed E-state index contributed by atoms with van der Waals surface area (Å²) in [6, 6.07) is 7.17. The molecule has 2 N–H and O–H groups in total. The van der Waals surface area contributed by atoms with Crippen molar-refractivity contribution in [2.75, 3.05) is 26.2 Å². The summed E-state index contributed by atoms with van der Waals surface area (Å²) < 4.78 is 0. The van der Waals surface area contributed by atoms with Crippen LogP contribution >= 0.6 is 11.6 Å². The van der Waals surface area contributed by atoms with Crippen molar-refractivity contribution >= 4 is 23.4 Å². The van der Waals surface area contributed by atoms with Gasteiger partial charge in [-0.25, -0.2) is 0 Å². The molecular weight excluding hydrogens is 338 g/mol. The Hall–Kier alpha value is -1.59. The first-order valence-electron chi connectivity index (χ1n) is 9.14. The van der Waals surface area contributed by atoms with Gasteiger partial charge in [0.1, 0.15) is 0 Å². The molecule has 1 aliphatic carbocycles. The van der Waals surface area contributed by atoms with E-state index in [1.54, 1.807) is 24.3 Å². The molecule has 1 aliphatic heterocycles. The van der Waals surface area contributed by atoms with Gasteiger partial charge in [0.2, 0.25) is 5.91 Å². The van der Waals surface area contributed by atoms with Gasteiger partial charge in [-0.05, 0) is 43.9 Å². The molecule has 0 spiro atoms. The lowest BCUT2D eigenvalue weighted by Gasteiger charge is -2.30. The zero-order valence-corrected chi connectivity index (χ0v) is 15.3. The van der Waals surface area contributed by atoms with Crippen molar-refractivity contribution in [3.8, 4) is 0 Å². The van der Waals surface area contributed by atoms with Crippen LogP contribution in [-0.2, 0) is 4.79 Å². The number of amides is 2. The molecule has 2 unspecified atom stereocenters. The van der Waals surface area contributed by atoms with Crippen molar-refractivity contribution in [1.29, 1.82) is 0 Å². The van der Waals surface area contributed by atoms with Gasteiger partial charge in [0.15, 0.2) is 0 Å². The molecule has 2 atom stereocenters. The van der Waals surface area contributed by atoms with E-state index in [4.69, 9.17) is 17.3 Å². The fourth-order valence-corrected chi connectivity index (χ4v) is 4.05. The van der Waals surface area contributed by atoms with Crippen LogP contribution in [0.15, 0.2) is 24.3 Å². The molecule has 5 nitrogen and oxygen atoms in total. The second-order valence-electron chi connectivity index (χ2n) is 7.10. The molecule has 6 heteroatoms. The summed E-state index contributed by atoms with van der Waals surface area (Å²) in [7, 11) is 0. The van der Waals surface area contributed by atoms with Crippen LogP contribution in [0.1, 0.15) is 42.5 Å². The molecule has 2 fully saturated rings. The number of carbonyl (C=O) groups is 2. The van der Waals surface area contributed by atoms with Crippen molar-refractivity contribution in [3.05, 3.63) is 34.9 Å². The number of nitrogens with zero attached hydrogens (tertiary/aromatic N) is 2. The Kier molecular flexibility index (Phi) is 5.97. The first-order valence-corrected chi connectivity index (χ1v) is 9.51. The number of halogens is 1. The van der Waals surface area contributed by atoms with E-state index in [-0.39, 0.29) is 23.8 Å². The molecule has 0 radical (unpaired) electrons. The minimum absolute atomic E-state index is 0.0171. The predicted molar refractivity (Wildman–Crippen MR) is 98.5 cm³/mol. The van der Waals surface area contributed by atoms with Crippen LogP contribution in [0, 0.1) is 5.92 Å². The average Bonchev–Trinajstić information content (AvgIpc) is 2.86. The summed E-state index contributed by atoms with van der Waals surface area (Å²) in [4.78, 5) is 29.2. The first kappa shape index (κ1) is 18.2. The van der Waals surface area contributed by atoms with Gasteiger partial charge in [-0.2, -0.15) is 0 Å². The SMILES string of the molecule is NC1CCCC(C(=O)N2CCCN(C(=O)c3cccc(Cl)c3)CC2)C1. The maximum Gasteiger partial charge on any atom is 0.253 e. The number of hydrogen-bond donors (Lipinski definition) is 1. The quantitative estimate of drug-likeness (QED) is 0.878. The van der Waals surface area contributed by atoms with Gasteiger partial charge >= 0.3 is 0 Å². The number of rotatable bonds is 2. The number of nitrogens with two attached hydrogens (primary N) is 1. The molecule has 136 valence electrons. The summed E-state index contributed by atoms with van der Waals surface area (Å²) in [5, 5.41) is 0.561. The van der Waals surface area contributed by atoms with Gasteiger partial charge in [-0.3, -0.25) is 9.59 Å².